The summed E-state index contributed by atoms with van der Waals surface area (Å²) in [7, 11) is 0. The van der Waals surface area contributed by atoms with Gasteiger partial charge in [0.1, 0.15) is 0 Å². The molecule has 3 N–H and O–H groups in total. The molecule has 162 valence electrons. The Bertz CT molecular complexity index is 893. The lowest BCUT2D eigenvalue weighted by molar-refractivity contribution is -0.0742. The zero-order valence-corrected chi connectivity index (χ0v) is 17.5. The number of amides is 1. The number of carbonyl (C=O) groups excluding carboxylic acids is 1. The first-order valence-corrected chi connectivity index (χ1v) is 11.4. The van der Waals surface area contributed by atoms with Crippen molar-refractivity contribution in [3.63, 3.8) is 0 Å². The zero-order valence-electron chi connectivity index (χ0n) is 17.5. The Morgan fingerprint density at radius 2 is 2.03 bits per heavy atom. The molecule has 1 amide bonds. The number of para-hydroxylation sites is 1. The first-order valence-electron chi connectivity index (χ1n) is 11.4. The molecule has 1 unspecified atom stereocenters. The summed E-state index contributed by atoms with van der Waals surface area (Å²) in [6.45, 7) is 2.01. The highest BCUT2D eigenvalue weighted by atomic mass is 16.5. The molecule has 0 spiro atoms. The van der Waals surface area contributed by atoms with Crippen LogP contribution in [0.3, 0.4) is 0 Å². The van der Waals surface area contributed by atoms with Gasteiger partial charge in [-0.1, -0.05) is 18.2 Å². The van der Waals surface area contributed by atoms with Crippen LogP contribution in [0, 0.1) is 0 Å². The second-order valence-corrected chi connectivity index (χ2v) is 9.29. The maximum Gasteiger partial charge on any atom is 0.272 e. The third-order valence-corrected chi connectivity index (χ3v) is 7.15. The molecule has 2 atom stereocenters. The summed E-state index contributed by atoms with van der Waals surface area (Å²) in [4.78, 5) is 13.0. The molecule has 3 aliphatic rings. The smallest absolute Gasteiger partial charge is 0.272 e. The number of hydrogen-bond acceptors (Lipinski definition) is 5. The van der Waals surface area contributed by atoms with Crippen LogP contribution in [0.5, 0.6) is 0 Å². The van der Waals surface area contributed by atoms with Gasteiger partial charge >= 0.3 is 0 Å². The van der Waals surface area contributed by atoms with Gasteiger partial charge in [0.15, 0.2) is 5.69 Å². The van der Waals surface area contributed by atoms with E-state index < -0.39 is 5.60 Å². The summed E-state index contributed by atoms with van der Waals surface area (Å²) in [5.41, 5.74) is 0.981. The molecule has 1 aliphatic carbocycles. The van der Waals surface area contributed by atoms with Crippen LogP contribution in [0.25, 0.3) is 10.9 Å². The Morgan fingerprint density at radius 3 is 2.73 bits per heavy atom. The van der Waals surface area contributed by atoms with Gasteiger partial charge in [-0.2, -0.15) is 5.10 Å². The van der Waals surface area contributed by atoms with Crippen molar-refractivity contribution in [3.8, 4) is 0 Å². The van der Waals surface area contributed by atoms with Gasteiger partial charge in [-0.15, -0.1) is 0 Å². The highest BCUT2D eigenvalue weighted by Gasteiger charge is 2.34. The first-order chi connectivity index (χ1) is 14.6. The summed E-state index contributed by atoms with van der Waals surface area (Å²) >= 11 is 0. The summed E-state index contributed by atoms with van der Waals surface area (Å²) in [5.74, 6) is -0.0856. The number of rotatable bonds is 5. The van der Waals surface area contributed by atoms with E-state index in [2.05, 4.69) is 21.4 Å². The standard InChI is InChI=1S/C23H32N4O3/c28-22(21-19-6-1-2-7-20(19)27(26-21)18-4-3-5-18)25-17-9-8-16(24-15-17)14-23(29)10-12-30-13-11-23/h1-2,6-7,16-18,24,29H,3-5,8-15H2,(H,25,28)/t16-,17?/m0/s1. The van der Waals surface area contributed by atoms with Crippen molar-refractivity contribution in [2.24, 2.45) is 0 Å². The number of nitrogens with one attached hydrogen (secondary N) is 2. The molecule has 3 heterocycles. The maximum atomic E-state index is 13.0. The number of ether oxygens (including phenoxy) is 1. The summed E-state index contributed by atoms with van der Waals surface area (Å²) in [6, 6.07) is 8.84. The quantitative estimate of drug-likeness (QED) is 0.702. The predicted octanol–water partition coefficient (Wildman–Crippen LogP) is 2.54. The number of aliphatic hydroxyl groups is 1. The number of fused-ring (bicyclic) bond motifs is 1. The second kappa shape index (κ2) is 8.29. The van der Waals surface area contributed by atoms with Crippen molar-refractivity contribution in [2.75, 3.05) is 19.8 Å². The lowest BCUT2D eigenvalue weighted by Gasteiger charge is -2.38. The first kappa shape index (κ1) is 20.0. The van der Waals surface area contributed by atoms with Crippen molar-refractivity contribution in [1.29, 1.82) is 0 Å². The van der Waals surface area contributed by atoms with Crippen molar-refractivity contribution < 1.29 is 14.6 Å². The van der Waals surface area contributed by atoms with Crippen molar-refractivity contribution in [3.05, 3.63) is 30.0 Å². The third-order valence-electron chi connectivity index (χ3n) is 7.15. The van der Waals surface area contributed by atoms with Gasteiger partial charge in [-0.25, -0.2) is 0 Å². The molecule has 7 nitrogen and oxygen atoms in total. The molecule has 2 aromatic rings. The molecule has 2 saturated heterocycles. The Hall–Kier alpha value is -1.96. The molecule has 1 aromatic carbocycles. The molecule has 5 rings (SSSR count). The lowest BCUT2D eigenvalue weighted by atomic mass is 9.84. The van der Waals surface area contributed by atoms with Crippen LogP contribution in [0.15, 0.2) is 24.3 Å². The molecule has 0 bridgehead atoms. The normalized spacial score (nSPS) is 27.0. The minimum Gasteiger partial charge on any atom is -0.390 e. The van der Waals surface area contributed by atoms with Crippen molar-refractivity contribution in [2.45, 2.75) is 75.1 Å². The van der Waals surface area contributed by atoms with E-state index in [9.17, 15) is 9.90 Å². The Labute approximate surface area is 177 Å². The minimum atomic E-state index is -0.612. The molecular weight excluding hydrogens is 380 g/mol. The number of aromatic nitrogens is 2. The number of nitrogens with zero attached hydrogens (tertiary/aromatic N) is 2. The largest absolute Gasteiger partial charge is 0.390 e. The molecule has 30 heavy (non-hydrogen) atoms. The fourth-order valence-electron chi connectivity index (χ4n) is 5.05. The molecule has 2 aliphatic heterocycles. The fraction of sp³-hybridized carbons (Fsp3) is 0.652. The molecule has 1 saturated carbocycles. The zero-order chi connectivity index (χ0) is 20.6. The van der Waals surface area contributed by atoms with E-state index in [0.29, 0.717) is 43.8 Å². The van der Waals surface area contributed by atoms with Gasteiger partial charge < -0.3 is 20.5 Å². The third kappa shape index (κ3) is 3.98. The molecular formula is C23H32N4O3. The van der Waals surface area contributed by atoms with Crippen LogP contribution in [0.4, 0.5) is 0 Å². The summed E-state index contributed by atoms with van der Waals surface area (Å²) in [5, 5.41) is 23.1. The van der Waals surface area contributed by atoms with Crippen molar-refractivity contribution >= 4 is 16.8 Å². The second-order valence-electron chi connectivity index (χ2n) is 9.29. The average Bonchev–Trinajstić information content (AvgIpc) is 3.08. The van der Waals surface area contributed by atoms with E-state index in [1.807, 2.05) is 18.2 Å². The number of carbonyl (C=O) groups is 1. The van der Waals surface area contributed by atoms with Gasteiger partial charge in [0.05, 0.1) is 17.2 Å². The summed E-state index contributed by atoms with van der Waals surface area (Å²) < 4.78 is 7.43. The fourth-order valence-corrected chi connectivity index (χ4v) is 5.05. The van der Waals surface area contributed by atoms with E-state index >= 15 is 0 Å². The van der Waals surface area contributed by atoms with E-state index in [4.69, 9.17) is 9.84 Å². The van der Waals surface area contributed by atoms with Gasteiger partial charge in [0.25, 0.3) is 5.91 Å². The van der Waals surface area contributed by atoms with Gasteiger partial charge in [-0.05, 0) is 57.4 Å². The van der Waals surface area contributed by atoms with Gasteiger partial charge in [0.2, 0.25) is 0 Å². The number of hydrogen-bond donors (Lipinski definition) is 3. The van der Waals surface area contributed by atoms with E-state index in [1.165, 1.54) is 6.42 Å². The van der Waals surface area contributed by atoms with Crippen LogP contribution in [0.2, 0.25) is 0 Å². The van der Waals surface area contributed by atoms with Crippen molar-refractivity contribution in [1.82, 2.24) is 20.4 Å². The number of benzene rings is 1. The van der Waals surface area contributed by atoms with Crippen LogP contribution < -0.4 is 10.6 Å². The van der Waals surface area contributed by atoms with Crippen LogP contribution in [0.1, 0.15) is 67.9 Å². The van der Waals surface area contributed by atoms with Gasteiger partial charge in [-0.3, -0.25) is 9.48 Å². The van der Waals surface area contributed by atoms with Crippen LogP contribution in [-0.2, 0) is 4.74 Å². The highest BCUT2D eigenvalue weighted by Crippen LogP contribution is 2.34. The Morgan fingerprint density at radius 1 is 1.23 bits per heavy atom. The molecule has 0 radical (unpaired) electrons. The van der Waals surface area contributed by atoms with Crippen LogP contribution >= 0.6 is 0 Å². The van der Waals surface area contributed by atoms with E-state index in [0.717, 1.165) is 49.6 Å². The number of piperidine rings is 1. The van der Waals surface area contributed by atoms with Crippen LogP contribution in [-0.4, -0.2) is 58.2 Å². The van der Waals surface area contributed by atoms with E-state index in [-0.39, 0.29) is 11.9 Å². The Balaban J connectivity index is 1.21. The monoisotopic (exact) mass is 412 g/mol. The van der Waals surface area contributed by atoms with Gasteiger partial charge in [0, 0.05) is 37.2 Å². The molecule has 3 fully saturated rings. The average molecular weight is 413 g/mol. The lowest BCUT2D eigenvalue weighted by Crippen LogP contribution is -2.52. The topological polar surface area (TPSA) is 88.4 Å². The summed E-state index contributed by atoms with van der Waals surface area (Å²) in [6.07, 6.45) is 7.55. The van der Waals surface area contributed by atoms with E-state index in [1.54, 1.807) is 0 Å². The molecule has 1 aromatic heterocycles. The molecule has 7 heteroatoms. The Kier molecular flexibility index (Phi) is 5.52. The minimum absolute atomic E-state index is 0.0856. The maximum absolute atomic E-state index is 13.0. The highest BCUT2D eigenvalue weighted by molar-refractivity contribution is 6.05. The SMILES string of the molecule is O=C(NC1CC[C@@H](CC2(O)CCOCC2)NC1)c1nn(C2CCC2)c2ccccc12. The predicted molar refractivity (Wildman–Crippen MR) is 115 cm³/mol.